The summed E-state index contributed by atoms with van der Waals surface area (Å²) < 4.78 is 3.74. The Morgan fingerprint density at radius 3 is 2.78 bits per heavy atom. The lowest BCUT2D eigenvalue weighted by molar-refractivity contribution is 0.102. The molecule has 4 aromatic rings. The van der Waals surface area contributed by atoms with Gasteiger partial charge < -0.3 is 9.72 Å². The Kier molecular flexibility index (Phi) is 4.93. The number of carbonyl (C=O) groups excluding carboxylic acids is 1. The van der Waals surface area contributed by atoms with Crippen LogP contribution in [0.5, 0.6) is 0 Å². The number of fused-ring (bicyclic) bond motifs is 1. The van der Waals surface area contributed by atoms with Gasteiger partial charge in [0.2, 0.25) is 0 Å². The molecule has 1 amide bonds. The molecule has 1 aromatic carbocycles. The van der Waals surface area contributed by atoms with Crippen LogP contribution in [0.25, 0.3) is 5.65 Å². The van der Waals surface area contributed by atoms with Gasteiger partial charge in [-0.2, -0.15) is 16.9 Å². The molecule has 1 N–H and O–H groups in total. The molecule has 27 heavy (non-hydrogen) atoms. The van der Waals surface area contributed by atoms with Crippen LogP contribution in [0.2, 0.25) is 0 Å². The molecular weight excluding hydrogens is 358 g/mol. The highest BCUT2D eigenvalue weighted by molar-refractivity contribution is 7.97. The van der Waals surface area contributed by atoms with Crippen molar-refractivity contribution in [3.8, 4) is 0 Å². The normalized spacial score (nSPS) is 11.0. The van der Waals surface area contributed by atoms with Crippen LogP contribution in [0.4, 0.5) is 5.69 Å². The number of carbonyl (C=O) groups is 1. The number of hydrogen-bond acceptors (Lipinski definition) is 4. The Labute approximate surface area is 161 Å². The molecule has 136 valence electrons. The molecule has 0 spiro atoms. The SMILES string of the molecule is CSCc1ccc(C(=O)Nc2cnn(Cc3cn4ccccc4n3)c2)cc1. The van der Waals surface area contributed by atoms with Crippen LogP contribution in [-0.4, -0.2) is 31.3 Å². The maximum Gasteiger partial charge on any atom is 0.255 e. The molecule has 4 rings (SSSR count). The molecule has 0 aliphatic rings. The van der Waals surface area contributed by atoms with Crippen LogP contribution in [0.3, 0.4) is 0 Å². The van der Waals surface area contributed by atoms with Gasteiger partial charge in [-0.1, -0.05) is 18.2 Å². The van der Waals surface area contributed by atoms with Gasteiger partial charge in [0, 0.05) is 29.9 Å². The average molecular weight is 377 g/mol. The number of amides is 1. The molecular formula is C20H19N5OS. The fourth-order valence-electron chi connectivity index (χ4n) is 2.87. The molecule has 7 heteroatoms. The summed E-state index contributed by atoms with van der Waals surface area (Å²) in [6, 6.07) is 13.6. The van der Waals surface area contributed by atoms with E-state index in [1.807, 2.05) is 65.5 Å². The van der Waals surface area contributed by atoms with E-state index in [9.17, 15) is 4.79 Å². The number of anilines is 1. The minimum absolute atomic E-state index is 0.141. The average Bonchev–Trinajstić information content (AvgIpc) is 3.28. The van der Waals surface area contributed by atoms with Gasteiger partial charge in [0.05, 0.1) is 24.1 Å². The van der Waals surface area contributed by atoms with Crippen LogP contribution in [0, 0.1) is 0 Å². The second-order valence-corrected chi connectivity index (χ2v) is 7.08. The number of pyridine rings is 1. The van der Waals surface area contributed by atoms with Gasteiger partial charge in [0.25, 0.3) is 5.91 Å². The number of nitrogens with zero attached hydrogens (tertiary/aromatic N) is 4. The predicted octanol–water partition coefficient (Wildman–Crippen LogP) is 3.69. The molecule has 3 aromatic heterocycles. The van der Waals surface area contributed by atoms with Crippen LogP contribution in [-0.2, 0) is 12.3 Å². The molecule has 0 saturated carbocycles. The fourth-order valence-corrected chi connectivity index (χ4v) is 3.39. The van der Waals surface area contributed by atoms with E-state index in [1.165, 1.54) is 5.56 Å². The third-order valence-corrected chi connectivity index (χ3v) is 4.78. The Hall–Kier alpha value is -3.06. The Morgan fingerprint density at radius 1 is 1.15 bits per heavy atom. The van der Waals surface area contributed by atoms with Crippen LogP contribution in [0.15, 0.2) is 67.3 Å². The number of nitrogens with one attached hydrogen (secondary N) is 1. The first kappa shape index (κ1) is 17.4. The quantitative estimate of drug-likeness (QED) is 0.557. The highest BCUT2D eigenvalue weighted by Gasteiger charge is 2.09. The summed E-state index contributed by atoms with van der Waals surface area (Å²) in [6.07, 6.45) is 9.46. The zero-order valence-electron chi connectivity index (χ0n) is 14.9. The van der Waals surface area contributed by atoms with E-state index in [0.29, 0.717) is 17.8 Å². The monoisotopic (exact) mass is 377 g/mol. The van der Waals surface area contributed by atoms with Crippen molar-refractivity contribution >= 4 is 29.0 Å². The van der Waals surface area contributed by atoms with Gasteiger partial charge in [-0.15, -0.1) is 0 Å². The number of thioether (sulfide) groups is 1. The van der Waals surface area contributed by atoms with E-state index in [1.54, 1.807) is 22.6 Å². The van der Waals surface area contributed by atoms with E-state index >= 15 is 0 Å². The van der Waals surface area contributed by atoms with Crippen molar-refractivity contribution in [3.05, 3.63) is 84.1 Å². The summed E-state index contributed by atoms with van der Waals surface area (Å²) in [7, 11) is 0. The first-order valence-corrected chi connectivity index (χ1v) is 9.95. The van der Waals surface area contributed by atoms with Crippen molar-refractivity contribution in [2.24, 2.45) is 0 Å². The molecule has 0 unspecified atom stereocenters. The smallest absolute Gasteiger partial charge is 0.255 e. The Morgan fingerprint density at radius 2 is 2.00 bits per heavy atom. The summed E-state index contributed by atoms with van der Waals surface area (Å²) in [6.45, 7) is 0.543. The molecule has 6 nitrogen and oxygen atoms in total. The van der Waals surface area contributed by atoms with Gasteiger partial charge in [-0.05, 0) is 36.1 Å². The van der Waals surface area contributed by atoms with E-state index in [2.05, 4.69) is 21.7 Å². The predicted molar refractivity (Wildman–Crippen MR) is 108 cm³/mol. The molecule has 0 saturated heterocycles. The van der Waals surface area contributed by atoms with Gasteiger partial charge in [0.1, 0.15) is 5.65 Å². The standard InChI is InChI=1S/C20H19N5OS/c1-27-14-15-5-7-16(8-6-15)20(26)23-17-10-21-25(12-17)13-18-11-24-9-3-2-4-19(24)22-18/h2-12H,13-14H2,1H3,(H,23,26). The topological polar surface area (TPSA) is 64.2 Å². The summed E-state index contributed by atoms with van der Waals surface area (Å²) in [5.74, 6) is 0.801. The minimum atomic E-state index is -0.141. The lowest BCUT2D eigenvalue weighted by Crippen LogP contribution is -2.11. The number of rotatable bonds is 6. The van der Waals surface area contributed by atoms with E-state index in [0.717, 1.165) is 17.1 Å². The van der Waals surface area contributed by atoms with Gasteiger partial charge in [-0.25, -0.2) is 4.98 Å². The maximum atomic E-state index is 12.4. The molecule has 0 bridgehead atoms. The third-order valence-electron chi connectivity index (χ3n) is 4.16. The van der Waals surface area contributed by atoms with Crippen molar-refractivity contribution in [1.82, 2.24) is 19.2 Å². The first-order valence-electron chi connectivity index (χ1n) is 8.55. The van der Waals surface area contributed by atoms with Crippen LogP contribution < -0.4 is 5.32 Å². The zero-order chi connectivity index (χ0) is 18.6. The lowest BCUT2D eigenvalue weighted by Gasteiger charge is -2.04. The Bertz CT molecular complexity index is 1030. The molecule has 3 heterocycles. The third kappa shape index (κ3) is 4.03. The maximum absolute atomic E-state index is 12.4. The minimum Gasteiger partial charge on any atom is -0.319 e. The van der Waals surface area contributed by atoms with E-state index in [-0.39, 0.29) is 5.91 Å². The van der Waals surface area contributed by atoms with E-state index in [4.69, 9.17) is 0 Å². The first-order chi connectivity index (χ1) is 13.2. The lowest BCUT2D eigenvalue weighted by atomic mass is 10.1. The largest absolute Gasteiger partial charge is 0.319 e. The van der Waals surface area contributed by atoms with Crippen molar-refractivity contribution < 1.29 is 4.79 Å². The number of benzene rings is 1. The van der Waals surface area contributed by atoms with Gasteiger partial charge >= 0.3 is 0 Å². The van der Waals surface area contributed by atoms with Gasteiger partial charge in [-0.3, -0.25) is 9.48 Å². The zero-order valence-corrected chi connectivity index (χ0v) is 15.7. The molecule has 0 aliphatic carbocycles. The fraction of sp³-hybridized carbons (Fsp3) is 0.150. The van der Waals surface area contributed by atoms with Crippen molar-refractivity contribution in [2.45, 2.75) is 12.3 Å². The van der Waals surface area contributed by atoms with Crippen LogP contribution >= 0.6 is 11.8 Å². The summed E-state index contributed by atoms with van der Waals surface area (Å²) in [4.78, 5) is 17.0. The second-order valence-electron chi connectivity index (χ2n) is 6.21. The van der Waals surface area contributed by atoms with Crippen molar-refractivity contribution in [1.29, 1.82) is 0 Å². The number of hydrogen-bond donors (Lipinski definition) is 1. The molecule has 0 aliphatic heterocycles. The molecule has 0 atom stereocenters. The molecule has 0 radical (unpaired) electrons. The number of aromatic nitrogens is 4. The highest BCUT2D eigenvalue weighted by atomic mass is 32.2. The summed E-state index contributed by atoms with van der Waals surface area (Å²) >= 11 is 1.76. The van der Waals surface area contributed by atoms with Crippen molar-refractivity contribution in [3.63, 3.8) is 0 Å². The number of imidazole rings is 1. The van der Waals surface area contributed by atoms with Gasteiger partial charge in [0.15, 0.2) is 0 Å². The second kappa shape index (κ2) is 7.67. The van der Waals surface area contributed by atoms with E-state index < -0.39 is 0 Å². The van der Waals surface area contributed by atoms with Crippen LogP contribution in [0.1, 0.15) is 21.6 Å². The van der Waals surface area contributed by atoms with Crippen molar-refractivity contribution in [2.75, 3.05) is 11.6 Å². The molecule has 0 fully saturated rings. The summed E-state index contributed by atoms with van der Waals surface area (Å²) in [5, 5.41) is 7.21. The summed E-state index contributed by atoms with van der Waals surface area (Å²) in [5.41, 5.74) is 4.31. The highest BCUT2D eigenvalue weighted by Crippen LogP contribution is 2.13. The Balaban J connectivity index is 1.42.